The topological polar surface area (TPSA) is 50.8 Å². The minimum Gasteiger partial charge on any atom is -0.387 e. The number of morpholine rings is 1. The van der Waals surface area contributed by atoms with Crippen LogP contribution in [0.2, 0.25) is 0 Å². The number of amidine groups is 1. The number of rotatable bonds is 3. The SMILES string of the molecule is NC(=NCC1CN2CCCC2CO1)C1CC1. The van der Waals surface area contributed by atoms with E-state index in [1.165, 1.54) is 32.2 Å². The summed E-state index contributed by atoms with van der Waals surface area (Å²) in [6.07, 6.45) is 5.37. The normalized spacial score (nSPS) is 36.4. The molecule has 16 heavy (non-hydrogen) atoms. The lowest BCUT2D eigenvalue weighted by Gasteiger charge is -2.34. The van der Waals surface area contributed by atoms with Crippen molar-refractivity contribution in [3.63, 3.8) is 0 Å². The first-order chi connectivity index (χ1) is 7.83. The van der Waals surface area contributed by atoms with Crippen molar-refractivity contribution in [3.05, 3.63) is 0 Å². The third-order valence-electron chi connectivity index (χ3n) is 3.93. The number of hydrogen-bond donors (Lipinski definition) is 1. The van der Waals surface area contributed by atoms with Gasteiger partial charge >= 0.3 is 0 Å². The Balaban J connectivity index is 1.50. The van der Waals surface area contributed by atoms with E-state index in [9.17, 15) is 0 Å². The Morgan fingerprint density at radius 1 is 1.38 bits per heavy atom. The molecule has 3 rings (SSSR count). The van der Waals surface area contributed by atoms with E-state index in [0.29, 0.717) is 12.0 Å². The van der Waals surface area contributed by atoms with Gasteiger partial charge in [0.05, 0.1) is 25.1 Å². The molecular formula is C12H21N3O. The Morgan fingerprint density at radius 3 is 3.06 bits per heavy atom. The smallest absolute Gasteiger partial charge is 0.0969 e. The van der Waals surface area contributed by atoms with Crippen molar-refractivity contribution < 1.29 is 4.74 Å². The first-order valence-electron chi connectivity index (χ1n) is 6.48. The summed E-state index contributed by atoms with van der Waals surface area (Å²) < 4.78 is 5.84. The van der Waals surface area contributed by atoms with E-state index >= 15 is 0 Å². The molecule has 2 heterocycles. The van der Waals surface area contributed by atoms with Gasteiger partial charge in [0.1, 0.15) is 0 Å². The zero-order chi connectivity index (χ0) is 11.0. The van der Waals surface area contributed by atoms with Crippen LogP contribution in [0.15, 0.2) is 4.99 Å². The fourth-order valence-corrected chi connectivity index (χ4v) is 2.71. The molecule has 4 heteroatoms. The highest BCUT2D eigenvalue weighted by Gasteiger charge is 2.32. The Labute approximate surface area is 96.8 Å². The quantitative estimate of drug-likeness (QED) is 0.563. The Hall–Kier alpha value is -0.610. The van der Waals surface area contributed by atoms with E-state index in [4.69, 9.17) is 10.5 Å². The van der Waals surface area contributed by atoms with Crippen LogP contribution in [0.4, 0.5) is 0 Å². The van der Waals surface area contributed by atoms with E-state index < -0.39 is 0 Å². The van der Waals surface area contributed by atoms with Crippen molar-refractivity contribution in [3.8, 4) is 0 Å². The second-order valence-corrected chi connectivity index (χ2v) is 5.29. The number of fused-ring (bicyclic) bond motifs is 1. The molecule has 0 spiro atoms. The van der Waals surface area contributed by atoms with Gasteiger partial charge in [-0.1, -0.05) is 0 Å². The maximum absolute atomic E-state index is 5.88. The lowest BCUT2D eigenvalue weighted by Crippen LogP contribution is -2.47. The predicted octanol–water partition coefficient (Wildman–Crippen LogP) is 0.617. The number of nitrogens with two attached hydrogens (primary N) is 1. The van der Waals surface area contributed by atoms with E-state index in [0.717, 1.165) is 25.5 Å². The number of ether oxygens (including phenoxy) is 1. The summed E-state index contributed by atoms with van der Waals surface area (Å²) in [7, 11) is 0. The minimum atomic E-state index is 0.270. The van der Waals surface area contributed by atoms with Crippen LogP contribution >= 0.6 is 0 Å². The first kappa shape index (κ1) is 10.5. The summed E-state index contributed by atoms with van der Waals surface area (Å²) >= 11 is 0. The largest absolute Gasteiger partial charge is 0.387 e. The summed E-state index contributed by atoms with van der Waals surface area (Å²) in [6, 6.07) is 0.681. The summed E-state index contributed by atoms with van der Waals surface area (Å²) in [5, 5.41) is 0. The van der Waals surface area contributed by atoms with Gasteiger partial charge in [0.2, 0.25) is 0 Å². The van der Waals surface area contributed by atoms with Gasteiger partial charge < -0.3 is 10.5 Å². The molecular weight excluding hydrogens is 202 g/mol. The zero-order valence-electron chi connectivity index (χ0n) is 9.77. The van der Waals surface area contributed by atoms with Crippen molar-refractivity contribution in [2.45, 2.75) is 37.8 Å². The van der Waals surface area contributed by atoms with Crippen LogP contribution in [-0.4, -0.2) is 49.1 Å². The Kier molecular flexibility index (Phi) is 2.86. The lowest BCUT2D eigenvalue weighted by molar-refractivity contribution is -0.0432. The van der Waals surface area contributed by atoms with Crippen LogP contribution in [0.1, 0.15) is 25.7 Å². The average molecular weight is 223 g/mol. The van der Waals surface area contributed by atoms with Crippen molar-refractivity contribution in [1.82, 2.24) is 4.90 Å². The van der Waals surface area contributed by atoms with Crippen LogP contribution in [0.25, 0.3) is 0 Å². The Morgan fingerprint density at radius 2 is 2.25 bits per heavy atom. The molecule has 2 N–H and O–H groups in total. The summed E-state index contributed by atoms with van der Waals surface area (Å²) in [6.45, 7) is 3.94. The molecule has 4 nitrogen and oxygen atoms in total. The van der Waals surface area contributed by atoms with Crippen molar-refractivity contribution in [1.29, 1.82) is 0 Å². The molecule has 0 aromatic rings. The first-order valence-corrected chi connectivity index (χ1v) is 6.48. The monoisotopic (exact) mass is 223 g/mol. The predicted molar refractivity (Wildman–Crippen MR) is 63.5 cm³/mol. The highest BCUT2D eigenvalue weighted by atomic mass is 16.5. The molecule has 0 aromatic carbocycles. The van der Waals surface area contributed by atoms with Crippen LogP contribution in [0, 0.1) is 5.92 Å². The van der Waals surface area contributed by atoms with Crippen molar-refractivity contribution in [2.24, 2.45) is 16.6 Å². The van der Waals surface area contributed by atoms with Gasteiger partial charge in [-0.05, 0) is 32.2 Å². The van der Waals surface area contributed by atoms with Gasteiger partial charge in [-0.25, -0.2) is 0 Å². The van der Waals surface area contributed by atoms with Crippen molar-refractivity contribution >= 4 is 5.84 Å². The third-order valence-corrected chi connectivity index (χ3v) is 3.93. The molecule has 0 aromatic heterocycles. The molecule has 3 aliphatic rings. The maximum Gasteiger partial charge on any atom is 0.0969 e. The average Bonchev–Trinajstić information content (AvgIpc) is 3.04. The fraction of sp³-hybridized carbons (Fsp3) is 0.917. The highest BCUT2D eigenvalue weighted by Crippen LogP contribution is 2.29. The van der Waals surface area contributed by atoms with Crippen LogP contribution in [-0.2, 0) is 4.74 Å². The minimum absolute atomic E-state index is 0.270. The zero-order valence-corrected chi connectivity index (χ0v) is 9.77. The van der Waals surface area contributed by atoms with Gasteiger partial charge in [0.25, 0.3) is 0 Å². The highest BCUT2D eigenvalue weighted by molar-refractivity contribution is 5.84. The van der Waals surface area contributed by atoms with Crippen molar-refractivity contribution in [2.75, 3.05) is 26.2 Å². The molecule has 2 unspecified atom stereocenters. The van der Waals surface area contributed by atoms with Gasteiger partial charge in [0, 0.05) is 18.5 Å². The third kappa shape index (κ3) is 2.23. The molecule has 2 aliphatic heterocycles. The molecule has 1 aliphatic carbocycles. The molecule has 1 saturated carbocycles. The summed E-state index contributed by atoms with van der Waals surface area (Å²) in [5.74, 6) is 1.44. The molecule has 90 valence electrons. The lowest BCUT2D eigenvalue weighted by atomic mass is 10.2. The molecule has 2 saturated heterocycles. The van der Waals surface area contributed by atoms with Gasteiger partial charge in [-0.15, -0.1) is 0 Å². The van der Waals surface area contributed by atoms with Crippen LogP contribution < -0.4 is 5.73 Å². The van der Waals surface area contributed by atoms with Gasteiger partial charge in [0.15, 0.2) is 0 Å². The van der Waals surface area contributed by atoms with Gasteiger partial charge in [-0.3, -0.25) is 9.89 Å². The molecule has 0 amide bonds. The number of nitrogens with zero attached hydrogens (tertiary/aromatic N) is 2. The summed E-state index contributed by atoms with van der Waals surface area (Å²) in [5.41, 5.74) is 5.88. The Bertz CT molecular complexity index is 288. The van der Waals surface area contributed by atoms with Crippen LogP contribution in [0.3, 0.4) is 0 Å². The number of aliphatic imine (C=N–C) groups is 1. The molecule has 2 atom stereocenters. The molecule has 0 radical (unpaired) electrons. The van der Waals surface area contributed by atoms with Gasteiger partial charge in [-0.2, -0.15) is 0 Å². The second kappa shape index (κ2) is 4.34. The second-order valence-electron chi connectivity index (χ2n) is 5.29. The van der Waals surface area contributed by atoms with E-state index in [-0.39, 0.29) is 6.10 Å². The molecule has 3 fully saturated rings. The van der Waals surface area contributed by atoms with E-state index in [2.05, 4.69) is 9.89 Å². The van der Waals surface area contributed by atoms with E-state index in [1.54, 1.807) is 0 Å². The summed E-state index contributed by atoms with van der Waals surface area (Å²) in [4.78, 5) is 7.02. The van der Waals surface area contributed by atoms with E-state index in [1.807, 2.05) is 0 Å². The standard InChI is InChI=1S/C12H21N3O/c13-12(9-3-4-9)14-6-11-7-15-5-1-2-10(15)8-16-11/h9-11H,1-8H2,(H2,13,14). The number of hydrogen-bond acceptors (Lipinski definition) is 3. The fourth-order valence-electron chi connectivity index (χ4n) is 2.71. The molecule has 0 bridgehead atoms. The maximum atomic E-state index is 5.88. The van der Waals surface area contributed by atoms with Crippen LogP contribution in [0.5, 0.6) is 0 Å².